The first kappa shape index (κ1) is 39.2. The van der Waals surface area contributed by atoms with Crippen LogP contribution in [0.15, 0.2) is 36.4 Å². The lowest BCUT2D eigenvalue weighted by atomic mass is 9.72. The highest BCUT2D eigenvalue weighted by Gasteiger charge is 2.76. The lowest BCUT2D eigenvalue weighted by molar-refractivity contribution is -0.357. The molecule has 16 heteroatoms. The summed E-state index contributed by atoms with van der Waals surface area (Å²) in [7, 11) is 0. The lowest BCUT2D eigenvalue weighted by Crippen LogP contribution is -2.64. The molecule has 6 aliphatic rings. The minimum absolute atomic E-state index is 0.0914. The number of hydrogen-bond acceptors (Lipinski definition) is 16. The largest absolute Gasteiger partial charge is 0.459 e. The number of carbonyl (C=O) groups is 3. The Balaban J connectivity index is 1.02. The normalized spacial score (nSPS) is 45.9. The van der Waals surface area contributed by atoms with E-state index < -0.39 is 109 Å². The molecule has 0 amide bonds. The highest BCUT2D eigenvalue weighted by atomic mass is 16.8. The second kappa shape index (κ2) is 15.5. The van der Waals surface area contributed by atoms with Crippen molar-refractivity contribution in [1.82, 2.24) is 0 Å². The predicted octanol–water partition coefficient (Wildman–Crippen LogP) is 0.742. The van der Waals surface area contributed by atoms with Crippen LogP contribution in [0.25, 0.3) is 6.08 Å². The molecule has 4 N–H and O–H groups in total. The number of carbonyl (C=O) groups excluding carboxylic acids is 3. The van der Waals surface area contributed by atoms with Gasteiger partial charge in [-0.1, -0.05) is 37.3 Å². The number of benzene rings is 1. The average molecular weight is 763 g/mol. The highest BCUT2D eigenvalue weighted by Crippen LogP contribution is 2.62. The van der Waals surface area contributed by atoms with E-state index in [0.717, 1.165) is 12.5 Å². The summed E-state index contributed by atoms with van der Waals surface area (Å²) in [5, 5.41) is 42.5. The van der Waals surface area contributed by atoms with Gasteiger partial charge in [0, 0.05) is 31.3 Å². The van der Waals surface area contributed by atoms with Gasteiger partial charge in [0.1, 0.15) is 30.5 Å². The molecule has 16 nitrogen and oxygen atoms in total. The Morgan fingerprint density at radius 3 is 2.26 bits per heavy atom. The summed E-state index contributed by atoms with van der Waals surface area (Å²) in [5.74, 6) is -3.86. The zero-order valence-electron chi connectivity index (χ0n) is 30.6. The molecule has 298 valence electrons. The standard InChI is InChI=1S/C38H50O16/c1-18-16-46-38(15-26(18)51-27(40)13-10-22-8-6-5-7-9-22)37(17-47-37)24-12-11-23(14-25(24)54-38)34(45)53-36-33(31(44)32(20(3)49-36)50-21(4)39)52-35-30(43)29(42)28(41)19(2)48-35/h5-10,13,18-20,23-26,28-33,35-36,41-44H,11-12,14-17H2,1-4H3/b13-10+/t18-,19?,20?,23+,24+,25-,26+,28?,29?,30?,31?,32?,33?,35?,36?,37+,38+/m0/s1. The maximum Gasteiger partial charge on any atom is 0.331 e. The van der Waals surface area contributed by atoms with Crippen LogP contribution in [0.4, 0.5) is 0 Å². The van der Waals surface area contributed by atoms with E-state index in [9.17, 15) is 34.8 Å². The van der Waals surface area contributed by atoms with Gasteiger partial charge in [-0.3, -0.25) is 9.59 Å². The summed E-state index contributed by atoms with van der Waals surface area (Å²) in [4.78, 5) is 38.6. The summed E-state index contributed by atoms with van der Waals surface area (Å²) < 4.78 is 53.7. The molecule has 1 aromatic rings. The van der Waals surface area contributed by atoms with Crippen LogP contribution in [-0.2, 0) is 57.0 Å². The Morgan fingerprint density at radius 2 is 1.56 bits per heavy atom. The minimum Gasteiger partial charge on any atom is -0.459 e. The third-order valence-electron chi connectivity index (χ3n) is 11.7. The number of rotatable bonds is 8. The van der Waals surface area contributed by atoms with Crippen molar-refractivity contribution in [3.63, 3.8) is 0 Å². The Labute approximate surface area is 312 Å². The van der Waals surface area contributed by atoms with Gasteiger partial charge in [-0.25, -0.2) is 4.79 Å². The van der Waals surface area contributed by atoms with Gasteiger partial charge in [0.15, 0.2) is 24.1 Å². The zero-order chi connectivity index (χ0) is 38.5. The third kappa shape index (κ3) is 7.45. The van der Waals surface area contributed by atoms with E-state index in [-0.39, 0.29) is 31.3 Å². The van der Waals surface area contributed by atoms with Crippen molar-refractivity contribution >= 4 is 24.0 Å². The number of esters is 3. The van der Waals surface area contributed by atoms with Gasteiger partial charge < -0.3 is 63.1 Å². The Bertz CT molecular complexity index is 1550. The van der Waals surface area contributed by atoms with E-state index in [4.69, 9.17) is 42.6 Å². The van der Waals surface area contributed by atoms with E-state index in [1.54, 1.807) is 6.08 Å². The summed E-state index contributed by atoms with van der Waals surface area (Å²) in [6.45, 7) is 6.78. The molecule has 0 radical (unpaired) electrons. The van der Waals surface area contributed by atoms with Crippen LogP contribution in [0.5, 0.6) is 0 Å². The summed E-state index contributed by atoms with van der Waals surface area (Å²) in [5.41, 5.74) is 0.124. The van der Waals surface area contributed by atoms with Crippen LogP contribution in [0.1, 0.15) is 58.9 Å². The number of fused-ring (bicyclic) bond motifs is 3. The molecule has 5 heterocycles. The third-order valence-corrected chi connectivity index (χ3v) is 11.7. The molecule has 7 rings (SSSR count). The Hall–Kier alpha value is -3.03. The molecule has 1 saturated carbocycles. The van der Waals surface area contributed by atoms with Gasteiger partial charge in [0.2, 0.25) is 12.1 Å². The van der Waals surface area contributed by atoms with Crippen molar-refractivity contribution in [2.75, 3.05) is 13.2 Å². The average Bonchev–Trinajstić information content (AvgIpc) is 3.92. The Kier molecular flexibility index (Phi) is 11.2. The molecular formula is C38H50O16. The summed E-state index contributed by atoms with van der Waals surface area (Å²) in [6, 6.07) is 9.43. The van der Waals surface area contributed by atoms with Crippen LogP contribution in [-0.4, -0.2) is 137 Å². The van der Waals surface area contributed by atoms with Gasteiger partial charge >= 0.3 is 17.9 Å². The van der Waals surface area contributed by atoms with E-state index in [0.29, 0.717) is 19.4 Å². The number of ether oxygens (including phenoxy) is 9. The minimum atomic E-state index is -1.73. The van der Waals surface area contributed by atoms with Gasteiger partial charge in [-0.15, -0.1) is 0 Å². The van der Waals surface area contributed by atoms with Crippen molar-refractivity contribution < 1.29 is 77.4 Å². The van der Waals surface area contributed by atoms with E-state index >= 15 is 0 Å². The second-order valence-corrected chi connectivity index (χ2v) is 15.4. The van der Waals surface area contributed by atoms with Crippen LogP contribution in [0.2, 0.25) is 0 Å². The molecule has 0 bridgehead atoms. The van der Waals surface area contributed by atoms with Crippen LogP contribution < -0.4 is 0 Å². The van der Waals surface area contributed by atoms with Crippen LogP contribution in [0, 0.1) is 17.8 Å². The smallest absolute Gasteiger partial charge is 0.331 e. The van der Waals surface area contributed by atoms with E-state index in [2.05, 4.69) is 0 Å². The van der Waals surface area contributed by atoms with Crippen molar-refractivity contribution in [3.05, 3.63) is 42.0 Å². The number of epoxide rings is 1. The van der Waals surface area contributed by atoms with Gasteiger partial charge in [0.05, 0.1) is 37.4 Å². The highest BCUT2D eigenvalue weighted by molar-refractivity contribution is 5.87. The van der Waals surface area contributed by atoms with Gasteiger partial charge in [-0.2, -0.15) is 0 Å². The molecular weight excluding hydrogens is 712 g/mol. The predicted molar refractivity (Wildman–Crippen MR) is 181 cm³/mol. The monoisotopic (exact) mass is 762 g/mol. The van der Waals surface area contributed by atoms with Crippen molar-refractivity contribution in [3.8, 4) is 0 Å². The van der Waals surface area contributed by atoms with Gasteiger partial charge in [-0.05, 0) is 44.7 Å². The molecule has 1 aliphatic carbocycles. The molecule has 5 saturated heterocycles. The van der Waals surface area contributed by atoms with E-state index in [1.807, 2.05) is 37.3 Å². The zero-order valence-corrected chi connectivity index (χ0v) is 30.6. The molecule has 6 fully saturated rings. The first-order valence-corrected chi connectivity index (χ1v) is 18.7. The topological polar surface area (TPSA) is 218 Å². The molecule has 0 aromatic heterocycles. The van der Waals surface area contributed by atoms with Crippen LogP contribution >= 0.6 is 0 Å². The van der Waals surface area contributed by atoms with Gasteiger partial charge in [0.25, 0.3) is 0 Å². The quantitative estimate of drug-likeness (QED) is 0.124. The molecule has 54 heavy (non-hydrogen) atoms. The lowest BCUT2D eigenvalue weighted by Gasteiger charge is -2.46. The molecule has 1 aromatic carbocycles. The number of aliphatic hydroxyl groups is 4. The molecule has 17 atom stereocenters. The second-order valence-electron chi connectivity index (χ2n) is 15.4. The molecule has 5 aliphatic heterocycles. The number of hydrogen-bond donors (Lipinski definition) is 4. The van der Waals surface area contributed by atoms with E-state index in [1.165, 1.54) is 19.9 Å². The molecule has 2 spiro atoms. The summed E-state index contributed by atoms with van der Waals surface area (Å²) >= 11 is 0. The first-order valence-electron chi connectivity index (χ1n) is 18.7. The van der Waals surface area contributed by atoms with Crippen molar-refractivity contribution in [2.45, 2.75) is 138 Å². The SMILES string of the molecule is CC(=O)OC1C(C)OC(OC(=O)[C@@H]2CC[C@@H]3[C@H](C2)O[C@]2(C[C@@H](OC(=O)/C=C/c4ccccc4)[C@@H](C)CO2)[C@@]32CO2)C(OC2OC(C)C(O)C(O)C2O)C1O. The van der Waals surface area contributed by atoms with Crippen molar-refractivity contribution in [1.29, 1.82) is 0 Å². The number of aliphatic hydroxyl groups excluding tert-OH is 4. The Morgan fingerprint density at radius 1 is 0.833 bits per heavy atom. The first-order chi connectivity index (χ1) is 25.7. The molecule has 10 unspecified atom stereocenters. The maximum absolute atomic E-state index is 13.8. The summed E-state index contributed by atoms with van der Waals surface area (Å²) in [6.07, 6.45) is -10.5. The fraction of sp³-hybridized carbons (Fsp3) is 0.711. The fourth-order valence-corrected chi connectivity index (χ4v) is 8.58. The van der Waals surface area contributed by atoms with Crippen LogP contribution in [0.3, 0.4) is 0 Å². The maximum atomic E-state index is 13.8. The fourth-order valence-electron chi connectivity index (χ4n) is 8.58. The van der Waals surface area contributed by atoms with Crippen molar-refractivity contribution in [2.24, 2.45) is 17.8 Å².